The molecule has 3 amide bonds. The average Bonchev–Trinajstić information content (AvgIpc) is 3.56. The number of nitrogens with zero attached hydrogens (tertiary/aromatic N) is 1. The van der Waals surface area contributed by atoms with E-state index >= 15 is 0 Å². The molecule has 2 bridgehead atoms. The Kier molecular flexibility index (Phi) is 3.76. The molecule has 2 aromatic carbocycles. The topological polar surface area (TPSA) is 66.5 Å². The third kappa shape index (κ3) is 2.51. The number of amides is 3. The number of hydrogen-bond donors (Lipinski definition) is 1. The van der Waals surface area contributed by atoms with E-state index in [2.05, 4.69) is 17.5 Å². The van der Waals surface area contributed by atoms with Crippen LogP contribution in [0.1, 0.15) is 22.3 Å². The lowest BCUT2D eigenvalue weighted by molar-refractivity contribution is -0.124. The summed E-state index contributed by atoms with van der Waals surface area (Å²) in [7, 11) is 0. The van der Waals surface area contributed by atoms with Crippen molar-refractivity contribution in [3.8, 4) is 0 Å². The molecule has 6 atom stereocenters. The van der Waals surface area contributed by atoms with E-state index in [0.717, 1.165) is 12.0 Å². The van der Waals surface area contributed by atoms with Gasteiger partial charge in [-0.1, -0.05) is 48.6 Å². The molecule has 5 nitrogen and oxygen atoms in total. The van der Waals surface area contributed by atoms with E-state index in [9.17, 15) is 14.4 Å². The summed E-state index contributed by atoms with van der Waals surface area (Å²) in [5, 5.41) is 2.90. The summed E-state index contributed by atoms with van der Waals surface area (Å²) in [6.07, 6.45) is 5.48. The summed E-state index contributed by atoms with van der Waals surface area (Å²) < 4.78 is 0. The summed E-state index contributed by atoms with van der Waals surface area (Å²) in [5.41, 5.74) is 1.96. The van der Waals surface area contributed by atoms with E-state index in [-0.39, 0.29) is 41.4 Å². The van der Waals surface area contributed by atoms with Gasteiger partial charge in [0.1, 0.15) is 0 Å². The minimum absolute atomic E-state index is 0.100. The van der Waals surface area contributed by atoms with Crippen molar-refractivity contribution in [3.63, 3.8) is 0 Å². The first-order chi connectivity index (χ1) is 14.6. The summed E-state index contributed by atoms with van der Waals surface area (Å²) in [6, 6.07) is 16.5. The highest BCUT2D eigenvalue weighted by atomic mass is 16.2. The van der Waals surface area contributed by atoms with E-state index in [1.165, 1.54) is 4.90 Å². The van der Waals surface area contributed by atoms with Crippen molar-refractivity contribution >= 4 is 23.4 Å². The van der Waals surface area contributed by atoms with Gasteiger partial charge in [-0.2, -0.15) is 0 Å². The van der Waals surface area contributed by atoms with Crippen molar-refractivity contribution in [1.29, 1.82) is 0 Å². The molecule has 4 aliphatic carbocycles. The summed E-state index contributed by atoms with van der Waals surface area (Å²) in [5.74, 6) is 0.667. The van der Waals surface area contributed by atoms with Crippen LogP contribution in [-0.2, 0) is 16.1 Å². The fraction of sp³-hybridized carbons (Fsp3) is 0.320. The van der Waals surface area contributed by atoms with Gasteiger partial charge in [-0.15, -0.1) is 0 Å². The van der Waals surface area contributed by atoms with Crippen LogP contribution in [0.3, 0.4) is 0 Å². The van der Waals surface area contributed by atoms with Crippen molar-refractivity contribution in [3.05, 3.63) is 77.9 Å². The van der Waals surface area contributed by atoms with Crippen LogP contribution >= 0.6 is 0 Å². The van der Waals surface area contributed by atoms with Crippen LogP contribution in [0.25, 0.3) is 0 Å². The van der Waals surface area contributed by atoms with Crippen LogP contribution in [0.4, 0.5) is 5.69 Å². The predicted molar refractivity (Wildman–Crippen MR) is 111 cm³/mol. The number of anilines is 1. The molecule has 1 saturated heterocycles. The molecule has 5 aliphatic rings. The number of allylic oxidation sites excluding steroid dienone is 2. The molecule has 5 heteroatoms. The van der Waals surface area contributed by atoms with E-state index in [1.807, 2.05) is 30.3 Å². The van der Waals surface area contributed by atoms with Gasteiger partial charge in [-0.25, -0.2) is 4.90 Å². The molecule has 7 rings (SSSR count). The maximum absolute atomic E-state index is 13.3. The predicted octanol–water partition coefficient (Wildman–Crippen LogP) is 3.17. The number of carbonyl (C=O) groups is 3. The number of hydrogen-bond acceptors (Lipinski definition) is 3. The van der Waals surface area contributed by atoms with Crippen LogP contribution in [-0.4, -0.2) is 17.7 Å². The lowest BCUT2D eigenvalue weighted by atomic mass is 9.63. The van der Waals surface area contributed by atoms with Gasteiger partial charge < -0.3 is 5.32 Å². The molecular formula is C25H22N2O3. The van der Waals surface area contributed by atoms with Gasteiger partial charge in [0, 0.05) is 12.1 Å². The minimum Gasteiger partial charge on any atom is -0.348 e. The normalized spacial score (nSPS) is 32.7. The molecular weight excluding hydrogens is 376 g/mol. The van der Waals surface area contributed by atoms with Crippen molar-refractivity contribution in [1.82, 2.24) is 5.32 Å². The third-order valence-electron chi connectivity index (χ3n) is 7.33. The van der Waals surface area contributed by atoms with E-state index in [0.29, 0.717) is 29.6 Å². The zero-order chi connectivity index (χ0) is 20.4. The van der Waals surface area contributed by atoms with Crippen molar-refractivity contribution in [2.75, 3.05) is 4.90 Å². The SMILES string of the molecule is O=C(NCc1ccccc1)c1cccc(N2C(=O)[C@@H]3[C@H]4C=C[C@@H]([C@@H]5C[C@H]45)[C@H]3C2=O)c1. The summed E-state index contributed by atoms with van der Waals surface area (Å²) >= 11 is 0. The molecule has 1 heterocycles. The lowest BCUT2D eigenvalue weighted by Crippen LogP contribution is -2.40. The fourth-order valence-corrected chi connectivity index (χ4v) is 5.88. The van der Waals surface area contributed by atoms with Gasteiger partial charge in [-0.05, 0) is 53.9 Å². The number of nitrogens with one attached hydrogen (secondary N) is 1. The van der Waals surface area contributed by atoms with Gasteiger partial charge in [0.2, 0.25) is 11.8 Å². The van der Waals surface area contributed by atoms with Crippen LogP contribution in [0.15, 0.2) is 66.7 Å². The number of carbonyl (C=O) groups excluding carboxylic acids is 3. The number of imide groups is 1. The highest BCUT2D eigenvalue weighted by Gasteiger charge is 2.67. The first-order valence-electron chi connectivity index (χ1n) is 10.6. The van der Waals surface area contributed by atoms with Crippen LogP contribution in [0.2, 0.25) is 0 Å². The minimum atomic E-state index is -0.230. The molecule has 1 N–H and O–H groups in total. The molecule has 0 aromatic heterocycles. The Labute approximate surface area is 174 Å². The smallest absolute Gasteiger partial charge is 0.251 e. The molecule has 1 aliphatic heterocycles. The second kappa shape index (κ2) is 6.39. The Morgan fingerprint density at radius 3 is 2.23 bits per heavy atom. The maximum atomic E-state index is 13.3. The van der Waals surface area contributed by atoms with Crippen molar-refractivity contribution < 1.29 is 14.4 Å². The van der Waals surface area contributed by atoms with Crippen molar-refractivity contribution in [2.45, 2.75) is 13.0 Å². The van der Waals surface area contributed by atoms with E-state index < -0.39 is 0 Å². The zero-order valence-corrected chi connectivity index (χ0v) is 16.4. The monoisotopic (exact) mass is 398 g/mol. The molecule has 3 fully saturated rings. The molecule has 0 radical (unpaired) electrons. The Hall–Kier alpha value is -3.21. The molecule has 2 saturated carbocycles. The molecule has 0 spiro atoms. The first-order valence-corrected chi connectivity index (χ1v) is 10.6. The molecule has 2 aromatic rings. The Balaban J connectivity index is 1.24. The van der Waals surface area contributed by atoms with E-state index in [1.54, 1.807) is 24.3 Å². The van der Waals surface area contributed by atoms with Crippen LogP contribution < -0.4 is 10.2 Å². The number of benzene rings is 2. The largest absolute Gasteiger partial charge is 0.348 e. The third-order valence-corrected chi connectivity index (χ3v) is 7.33. The zero-order valence-electron chi connectivity index (χ0n) is 16.4. The highest BCUT2D eigenvalue weighted by Crippen LogP contribution is 2.65. The van der Waals surface area contributed by atoms with Gasteiger partial charge in [0.25, 0.3) is 5.91 Å². The average molecular weight is 398 g/mol. The highest BCUT2D eigenvalue weighted by molar-refractivity contribution is 6.23. The second-order valence-electron chi connectivity index (χ2n) is 8.89. The quantitative estimate of drug-likeness (QED) is 0.635. The molecule has 150 valence electrons. The standard InChI is InChI=1S/C25H22N2O3/c28-23(26-13-14-5-2-1-3-6-14)15-7-4-8-16(11-15)27-24(29)21-17-9-10-18(20-12-19(17)20)22(21)25(27)30/h1-11,17-22H,12-13H2,(H,26,28)/t17-,18-,19-,20+,21+,22+/m0/s1. The lowest BCUT2D eigenvalue weighted by Gasteiger charge is -2.37. The maximum Gasteiger partial charge on any atom is 0.251 e. The van der Waals surface area contributed by atoms with Gasteiger partial charge >= 0.3 is 0 Å². The molecule has 30 heavy (non-hydrogen) atoms. The van der Waals surface area contributed by atoms with Crippen LogP contribution in [0.5, 0.6) is 0 Å². The van der Waals surface area contributed by atoms with Crippen LogP contribution in [0, 0.1) is 35.5 Å². The fourth-order valence-electron chi connectivity index (χ4n) is 5.88. The second-order valence-corrected chi connectivity index (χ2v) is 8.89. The Morgan fingerprint density at radius 2 is 1.57 bits per heavy atom. The van der Waals surface area contributed by atoms with Gasteiger partial charge in [0.15, 0.2) is 0 Å². The van der Waals surface area contributed by atoms with Gasteiger partial charge in [-0.3, -0.25) is 14.4 Å². The van der Waals surface area contributed by atoms with Crippen molar-refractivity contribution in [2.24, 2.45) is 35.5 Å². The number of rotatable bonds is 4. The molecule has 0 unspecified atom stereocenters. The van der Waals surface area contributed by atoms with E-state index in [4.69, 9.17) is 0 Å². The summed E-state index contributed by atoms with van der Waals surface area (Å²) in [4.78, 5) is 40.5. The first kappa shape index (κ1) is 17.6. The Morgan fingerprint density at radius 1 is 0.900 bits per heavy atom. The Bertz CT molecular complexity index is 1060. The summed E-state index contributed by atoms with van der Waals surface area (Å²) in [6.45, 7) is 0.424. The van der Waals surface area contributed by atoms with Gasteiger partial charge in [0.05, 0.1) is 17.5 Å².